The van der Waals surface area contributed by atoms with Crippen molar-refractivity contribution in [2.75, 3.05) is 19.0 Å². The summed E-state index contributed by atoms with van der Waals surface area (Å²) in [6.07, 6.45) is 0.0554. The molecule has 0 bridgehead atoms. The monoisotopic (exact) mass is 236 g/mol. The van der Waals surface area contributed by atoms with Crippen molar-refractivity contribution >= 4 is 29.0 Å². The predicted octanol–water partition coefficient (Wildman–Crippen LogP) is 1.63. The number of nitrogens with one attached hydrogen (secondary N) is 1. The summed E-state index contributed by atoms with van der Waals surface area (Å²) in [5.74, 6) is 0.413. The van der Waals surface area contributed by atoms with E-state index in [0.717, 1.165) is 0 Å². The molecule has 1 rings (SSSR count). The summed E-state index contributed by atoms with van der Waals surface area (Å²) in [4.78, 5) is 3.87. The van der Waals surface area contributed by atoms with Gasteiger partial charge in [0.15, 0.2) is 11.0 Å². The van der Waals surface area contributed by atoms with Crippen LogP contribution in [0, 0.1) is 0 Å². The maximum absolute atomic E-state index is 5.72. The van der Waals surface area contributed by atoms with Crippen molar-refractivity contribution in [3.05, 3.63) is 10.4 Å². The number of ether oxygens (including phenoxy) is 1. The topological polar surface area (TPSA) is 59.9 Å². The minimum atomic E-state index is 0.0554. The van der Waals surface area contributed by atoms with Gasteiger partial charge in [-0.3, -0.25) is 0 Å². The molecule has 1 atom stereocenters. The van der Waals surface area contributed by atoms with Crippen LogP contribution < -0.4 is 5.32 Å². The molecular formula is C7H10Cl2N4O. The highest BCUT2D eigenvalue weighted by atomic mass is 35.5. The van der Waals surface area contributed by atoms with Crippen molar-refractivity contribution in [3.8, 4) is 0 Å². The van der Waals surface area contributed by atoms with Gasteiger partial charge in [0.25, 0.3) is 0 Å². The van der Waals surface area contributed by atoms with Crippen LogP contribution in [-0.2, 0) is 4.74 Å². The molecule has 1 unspecified atom stereocenters. The maximum Gasteiger partial charge on any atom is 0.245 e. The highest BCUT2D eigenvalue weighted by Crippen LogP contribution is 2.16. The summed E-state index contributed by atoms with van der Waals surface area (Å²) in [6, 6.07) is 0. The molecule has 14 heavy (non-hydrogen) atoms. The van der Waals surface area contributed by atoms with Gasteiger partial charge in [0.05, 0.1) is 6.10 Å². The Hall–Kier alpha value is -0.650. The first kappa shape index (κ1) is 11.4. The summed E-state index contributed by atoms with van der Waals surface area (Å²) in [5, 5.41) is 10.3. The van der Waals surface area contributed by atoms with Crippen LogP contribution in [0.2, 0.25) is 10.4 Å². The fourth-order valence-electron chi connectivity index (χ4n) is 0.729. The fourth-order valence-corrected chi connectivity index (χ4v) is 0.999. The number of nitrogens with zero attached hydrogens (tertiary/aromatic N) is 3. The Morgan fingerprint density at radius 1 is 1.43 bits per heavy atom. The minimum absolute atomic E-state index is 0.0554. The van der Waals surface area contributed by atoms with Gasteiger partial charge in [0, 0.05) is 13.7 Å². The lowest BCUT2D eigenvalue weighted by molar-refractivity contribution is 0.128. The number of aromatic nitrogens is 3. The average molecular weight is 237 g/mol. The SMILES string of the molecule is COC(C)CNc1nc(Cl)nnc1Cl. The van der Waals surface area contributed by atoms with Crippen molar-refractivity contribution in [1.82, 2.24) is 15.2 Å². The smallest absolute Gasteiger partial charge is 0.245 e. The number of hydrogen-bond donors (Lipinski definition) is 1. The van der Waals surface area contributed by atoms with Crippen LogP contribution in [-0.4, -0.2) is 34.9 Å². The van der Waals surface area contributed by atoms with E-state index in [2.05, 4.69) is 20.5 Å². The normalized spacial score (nSPS) is 12.6. The van der Waals surface area contributed by atoms with Crippen molar-refractivity contribution in [2.45, 2.75) is 13.0 Å². The van der Waals surface area contributed by atoms with E-state index in [0.29, 0.717) is 12.4 Å². The third-order valence-corrected chi connectivity index (χ3v) is 1.99. The first-order valence-corrected chi connectivity index (χ1v) is 4.71. The highest BCUT2D eigenvalue weighted by molar-refractivity contribution is 6.32. The second kappa shape index (κ2) is 5.29. The molecule has 0 spiro atoms. The largest absolute Gasteiger partial charge is 0.380 e. The molecular weight excluding hydrogens is 227 g/mol. The number of methoxy groups -OCH3 is 1. The van der Waals surface area contributed by atoms with E-state index < -0.39 is 0 Å². The predicted molar refractivity (Wildman–Crippen MR) is 54.8 cm³/mol. The van der Waals surface area contributed by atoms with E-state index in [1.165, 1.54) is 0 Å². The van der Waals surface area contributed by atoms with Gasteiger partial charge in [-0.15, -0.1) is 10.2 Å². The van der Waals surface area contributed by atoms with E-state index in [9.17, 15) is 0 Å². The molecule has 1 N–H and O–H groups in total. The zero-order chi connectivity index (χ0) is 10.6. The summed E-state index contributed by atoms with van der Waals surface area (Å²) in [5.41, 5.74) is 0. The Balaban J connectivity index is 2.62. The molecule has 78 valence electrons. The van der Waals surface area contributed by atoms with Gasteiger partial charge in [-0.25, -0.2) is 0 Å². The molecule has 1 aromatic rings. The maximum atomic E-state index is 5.72. The molecule has 0 aliphatic carbocycles. The molecule has 0 saturated heterocycles. The average Bonchev–Trinajstić information content (AvgIpc) is 2.19. The molecule has 0 saturated carbocycles. The third-order valence-electron chi connectivity index (χ3n) is 1.58. The third kappa shape index (κ3) is 3.25. The Morgan fingerprint density at radius 2 is 2.14 bits per heavy atom. The molecule has 0 radical (unpaired) electrons. The molecule has 7 heteroatoms. The number of halogens is 2. The van der Waals surface area contributed by atoms with Gasteiger partial charge in [-0.05, 0) is 18.5 Å². The Kier molecular flexibility index (Phi) is 4.31. The zero-order valence-corrected chi connectivity index (χ0v) is 9.30. The first-order valence-electron chi connectivity index (χ1n) is 3.96. The van der Waals surface area contributed by atoms with Crippen LogP contribution in [0.4, 0.5) is 5.82 Å². The lowest BCUT2D eigenvalue weighted by Crippen LogP contribution is -2.19. The van der Waals surface area contributed by atoms with Crippen LogP contribution in [0.15, 0.2) is 0 Å². The highest BCUT2D eigenvalue weighted by Gasteiger charge is 2.06. The van der Waals surface area contributed by atoms with Crippen LogP contribution >= 0.6 is 23.2 Å². The van der Waals surface area contributed by atoms with E-state index in [-0.39, 0.29) is 16.5 Å². The number of anilines is 1. The molecule has 0 aromatic carbocycles. The second-order valence-corrected chi connectivity index (χ2v) is 3.34. The summed E-state index contributed by atoms with van der Waals surface area (Å²) >= 11 is 11.3. The van der Waals surface area contributed by atoms with Crippen LogP contribution in [0.1, 0.15) is 6.92 Å². The molecule has 0 aliphatic rings. The van der Waals surface area contributed by atoms with Crippen molar-refractivity contribution in [3.63, 3.8) is 0 Å². The number of hydrogen-bond acceptors (Lipinski definition) is 5. The Morgan fingerprint density at radius 3 is 2.79 bits per heavy atom. The van der Waals surface area contributed by atoms with E-state index in [4.69, 9.17) is 27.9 Å². The Labute approximate surface area is 91.8 Å². The van der Waals surface area contributed by atoms with E-state index >= 15 is 0 Å². The lowest BCUT2D eigenvalue weighted by Gasteiger charge is -2.11. The molecule has 1 heterocycles. The summed E-state index contributed by atoms with van der Waals surface area (Å²) in [6.45, 7) is 2.49. The van der Waals surface area contributed by atoms with Crippen molar-refractivity contribution in [2.24, 2.45) is 0 Å². The minimum Gasteiger partial charge on any atom is -0.380 e. The standard InChI is InChI=1S/C7H10Cl2N4O/c1-4(14-2)3-10-6-5(8)12-13-7(9)11-6/h4H,3H2,1-2H3,(H,10,11,13). The van der Waals surface area contributed by atoms with Crippen molar-refractivity contribution in [1.29, 1.82) is 0 Å². The Bertz CT molecular complexity index is 310. The molecule has 0 aliphatic heterocycles. The lowest BCUT2D eigenvalue weighted by atomic mass is 10.4. The molecule has 0 fully saturated rings. The zero-order valence-electron chi connectivity index (χ0n) is 7.79. The summed E-state index contributed by atoms with van der Waals surface area (Å²) < 4.78 is 5.04. The van der Waals surface area contributed by atoms with Crippen LogP contribution in [0.25, 0.3) is 0 Å². The van der Waals surface area contributed by atoms with Gasteiger partial charge in [0.1, 0.15) is 0 Å². The van der Waals surface area contributed by atoms with Gasteiger partial charge < -0.3 is 10.1 Å². The first-order chi connectivity index (χ1) is 6.63. The van der Waals surface area contributed by atoms with E-state index in [1.807, 2.05) is 6.92 Å². The molecule has 5 nitrogen and oxygen atoms in total. The van der Waals surface area contributed by atoms with Gasteiger partial charge in [-0.1, -0.05) is 11.6 Å². The van der Waals surface area contributed by atoms with Gasteiger partial charge in [0.2, 0.25) is 5.28 Å². The fraction of sp³-hybridized carbons (Fsp3) is 0.571. The number of rotatable bonds is 4. The van der Waals surface area contributed by atoms with Crippen LogP contribution in [0.5, 0.6) is 0 Å². The van der Waals surface area contributed by atoms with Crippen LogP contribution in [0.3, 0.4) is 0 Å². The molecule has 1 aromatic heterocycles. The van der Waals surface area contributed by atoms with E-state index in [1.54, 1.807) is 7.11 Å². The van der Waals surface area contributed by atoms with Crippen molar-refractivity contribution < 1.29 is 4.74 Å². The molecule has 0 amide bonds. The van der Waals surface area contributed by atoms with Gasteiger partial charge >= 0.3 is 0 Å². The van der Waals surface area contributed by atoms with Gasteiger partial charge in [-0.2, -0.15) is 4.98 Å². The summed E-state index contributed by atoms with van der Waals surface area (Å²) in [7, 11) is 1.62. The second-order valence-electron chi connectivity index (χ2n) is 2.65. The quantitative estimate of drug-likeness (QED) is 0.862.